The Bertz CT molecular complexity index is 994. The lowest BCUT2D eigenvalue weighted by Gasteiger charge is -2.07. The molecule has 0 fully saturated rings. The van der Waals surface area contributed by atoms with Crippen LogP contribution in [0.4, 0.5) is 0 Å². The maximum absolute atomic E-state index is 12.0. The van der Waals surface area contributed by atoms with Crippen molar-refractivity contribution in [2.75, 3.05) is 14.2 Å². The highest BCUT2D eigenvalue weighted by atomic mass is 16.6. The van der Waals surface area contributed by atoms with Crippen molar-refractivity contribution >= 4 is 12.0 Å². The highest BCUT2D eigenvalue weighted by Crippen LogP contribution is 2.25. The molecule has 3 rings (SSSR count). The second-order valence-corrected chi connectivity index (χ2v) is 5.88. The molecule has 0 amide bonds. The molecule has 0 spiro atoms. The first-order valence-corrected chi connectivity index (χ1v) is 8.56. The first-order valence-electron chi connectivity index (χ1n) is 8.56. The van der Waals surface area contributed by atoms with Crippen LogP contribution in [0.5, 0.6) is 11.5 Å². The Hall–Kier alpha value is -3.61. The minimum atomic E-state index is -0.534. The standard InChI is InChI=1S/C21H20N2O5/c1-14-6-4-5-7-17(14)21-22-19(28-23-21)13-27-20(24)11-9-15-8-10-16(25-2)12-18(15)26-3/h4-12H,13H2,1-3H3/b11-9+. The van der Waals surface area contributed by atoms with Crippen molar-refractivity contribution in [1.82, 2.24) is 10.1 Å². The zero-order chi connectivity index (χ0) is 19.9. The molecule has 0 aliphatic heterocycles. The molecular formula is C21H20N2O5. The Balaban J connectivity index is 1.61. The average molecular weight is 380 g/mol. The number of rotatable bonds is 7. The molecule has 144 valence electrons. The number of esters is 1. The summed E-state index contributed by atoms with van der Waals surface area (Å²) in [5.74, 6) is 1.40. The zero-order valence-corrected chi connectivity index (χ0v) is 15.8. The van der Waals surface area contributed by atoms with E-state index in [2.05, 4.69) is 10.1 Å². The third kappa shape index (κ3) is 4.56. The number of methoxy groups -OCH3 is 2. The van der Waals surface area contributed by atoms with Crippen molar-refractivity contribution in [1.29, 1.82) is 0 Å². The molecule has 1 heterocycles. The average Bonchev–Trinajstić information content (AvgIpc) is 3.19. The molecule has 1 aromatic heterocycles. The van der Waals surface area contributed by atoms with Crippen LogP contribution in [0.3, 0.4) is 0 Å². The summed E-state index contributed by atoms with van der Waals surface area (Å²) < 4.78 is 20.7. The van der Waals surface area contributed by atoms with Gasteiger partial charge in [0.25, 0.3) is 5.89 Å². The van der Waals surface area contributed by atoms with Crippen molar-refractivity contribution in [2.24, 2.45) is 0 Å². The van der Waals surface area contributed by atoms with Gasteiger partial charge in [0.1, 0.15) is 11.5 Å². The number of carbonyl (C=O) groups is 1. The summed E-state index contributed by atoms with van der Waals surface area (Å²) in [5, 5.41) is 3.93. The Morgan fingerprint density at radius 1 is 1.14 bits per heavy atom. The molecule has 2 aromatic carbocycles. The van der Waals surface area contributed by atoms with Crippen LogP contribution in [0.25, 0.3) is 17.5 Å². The number of aromatic nitrogens is 2. The first kappa shape index (κ1) is 19.2. The Labute approximate surface area is 162 Å². The summed E-state index contributed by atoms with van der Waals surface area (Å²) >= 11 is 0. The molecular weight excluding hydrogens is 360 g/mol. The zero-order valence-electron chi connectivity index (χ0n) is 15.8. The van der Waals surface area contributed by atoms with Crippen molar-refractivity contribution in [2.45, 2.75) is 13.5 Å². The van der Waals surface area contributed by atoms with E-state index in [1.54, 1.807) is 38.5 Å². The van der Waals surface area contributed by atoms with E-state index in [1.165, 1.54) is 6.08 Å². The van der Waals surface area contributed by atoms with Gasteiger partial charge in [0, 0.05) is 23.3 Å². The van der Waals surface area contributed by atoms with Gasteiger partial charge in [-0.25, -0.2) is 4.79 Å². The van der Waals surface area contributed by atoms with Crippen LogP contribution in [0.1, 0.15) is 17.0 Å². The molecule has 7 heteroatoms. The van der Waals surface area contributed by atoms with Gasteiger partial charge in [-0.1, -0.05) is 29.4 Å². The predicted octanol–water partition coefficient (Wildman–Crippen LogP) is 3.82. The van der Waals surface area contributed by atoms with E-state index < -0.39 is 5.97 Å². The van der Waals surface area contributed by atoms with Gasteiger partial charge in [0.2, 0.25) is 5.82 Å². The van der Waals surface area contributed by atoms with Gasteiger partial charge in [-0.3, -0.25) is 0 Å². The van der Waals surface area contributed by atoms with E-state index >= 15 is 0 Å². The number of hydrogen-bond donors (Lipinski definition) is 0. The Morgan fingerprint density at radius 2 is 1.96 bits per heavy atom. The normalized spacial score (nSPS) is 10.8. The van der Waals surface area contributed by atoms with Crippen LogP contribution >= 0.6 is 0 Å². The van der Waals surface area contributed by atoms with E-state index in [0.29, 0.717) is 17.3 Å². The molecule has 7 nitrogen and oxygen atoms in total. The fraction of sp³-hybridized carbons (Fsp3) is 0.190. The number of benzene rings is 2. The highest BCUT2D eigenvalue weighted by molar-refractivity contribution is 5.87. The molecule has 28 heavy (non-hydrogen) atoms. The second kappa shape index (κ2) is 8.85. The van der Waals surface area contributed by atoms with Gasteiger partial charge < -0.3 is 18.7 Å². The summed E-state index contributed by atoms with van der Waals surface area (Å²) in [6, 6.07) is 13.0. The molecule has 0 atom stereocenters. The lowest BCUT2D eigenvalue weighted by Crippen LogP contribution is -2.01. The minimum Gasteiger partial charge on any atom is -0.497 e. The topological polar surface area (TPSA) is 83.7 Å². The molecule has 0 saturated carbocycles. The van der Waals surface area contributed by atoms with Gasteiger partial charge >= 0.3 is 5.97 Å². The van der Waals surface area contributed by atoms with E-state index in [-0.39, 0.29) is 12.5 Å². The van der Waals surface area contributed by atoms with Crippen LogP contribution in [0, 0.1) is 6.92 Å². The lowest BCUT2D eigenvalue weighted by molar-refractivity contribution is -0.139. The quantitative estimate of drug-likeness (QED) is 0.455. The van der Waals surface area contributed by atoms with Gasteiger partial charge in [0.15, 0.2) is 6.61 Å². The fourth-order valence-corrected chi connectivity index (χ4v) is 2.54. The summed E-state index contributed by atoms with van der Waals surface area (Å²) in [6.45, 7) is 1.85. The Kier molecular flexibility index (Phi) is 6.06. The van der Waals surface area contributed by atoms with Crippen LogP contribution in [0.15, 0.2) is 53.1 Å². The van der Waals surface area contributed by atoms with E-state index in [1.807, 2.05) is 31.2 Å². The van der Waals surface area contributed by atoms with Gasteiger partial charge in [-0.15, -0.1) is 0 Å². The minimum absolute atomic E-state index is 0.109. The monoisotopic (exact) mass is 380 g/mol. The summed E-state index contributed by atoms with van der Waals surface area (Å²) in [7, 11) is 3.12. The van der Waals surface area contributed by atoms with Gasteiger partial charge in [-0.05, 0) is 30.7 Å². The molecule has 0 saturated heterocycles. The third-order valence-corrected chi connectivity index (χ3v) is 4.03. The number of hydrogen-bond acceptors (Lipinski definition) is 7. The smallest absolute Gasteiger partial charge is 0.331 e. The van der Waals surface area contributed by atoms with E-state index in [9.17, 15) is 4.79 Å². The maximum atomic E-state index is 12.0. The third-order valence-electron chi connectivity index (χ3n) is 4.03. The van der Waals surface area contributed by atoms with Crippen molar-refractivity contribution in [3.05, 3.63) is 65.6 Å². The SMILES string of the molecule is COc1ccc(/C=C/C(=O)OCc2nc(-c3ccccc3C)no2)c(OC)c1. The first-order chi connectivity index (χ1) is 13.6. The fourth-order valence-electron chi connectivity index (χ4n) is 2.54. The number of ether oxygens (including phenoxy) is 3. The van der Waals surface area contributed by atoms with E-state index in [0.717, 1.165) is 16.7 Å². The Morgan fingerprint density at radius 3 is 2.71 bits per heavy atom. The van der Waals surface area contributed by atoms with Crippen LogP contribution < -0.4 is 9.47 Å². The van der Waals surface area contributed by atoms with Crippen molar-refractivity contribution in [3.63, 3.8) is 0 Å². The molecule has 0 aliphatic rings. The number of nitrogens with zero attached hydrogens (tertiary/aromatic N) is 2. The largest absolute Gasteiger partial charge is 0.497 e. The summed E-state index contributed by atoms with van der Waals surface area (Å²) in [6.07, 6.45) is 2.91. The molecule has 0 N–H and O–H groups in total. The number of aryl methyl sites for hydroxylation is 1. The second-order valence-electron chi connectivity index (χ2n) is 5.88. The van der Waals surface area contributed by atoms with Crippen LogP contribution in [-0.2, 0) is 16.1 Å². The molecule has 0 unspecified atom stereocenters. The maximum Gasteiger partial charge on any atom is 0.331 e. The summed E-state index contributed by atoms with van der Waals surface area (Å²) in [5.41, 5.74) is 2.62. The van der Waals surface area contributed by atoms with Crippen molar-refractivity contribution < 1.29 is 23.5 Å². The molecule has 3 aromatic rings. The molecule has 0 bridgehead atoms. The predicted molar refractivity (Wildman–Crippen MR) is 103 cm³/mol. The van der Waals surface area contributed by atoms with Crippen LogP contribution in [-0.4, -0.2) is 30.3 Å². The highest BCUT2D eigenvalue weighted by Gasteiger charge is 2.12. The summed E-state index contributed by atoms with van der Waals surface area (Å²) in [4.78, 5) is 16.2. The molecule has 0 aliphatic carbocycles. The molecule has 0 radical (unpaired) electrons. The van der Waals surface area contributed by atoms with Crippen LogP contribution in [0.2, 0.25) is 0 Å². The van der Waals surface area contributed by atoms with E-state index in [4.69, 9.17) is 18.7 Å². The van der Waals surface area contributed by atoms with Gasteiger partial charge in [-0.2, -0.15) is 4.98 Å². The number of carbonyl (C=O) groups excluding carboxylic acids is 1. The van der Waals surface area contributed by atoms with Crippen molar-refractivity contribution in [3.8, 4) is 22.9 Å². The van der Waals surface area contributed by atoms with Gasteiger partial charge in [0.05, 0.1) is 14.2 Å². The lowest BCUT2D eigenvalue weighted by atomic mass is 10.1.